The number of carbonyl (C=O) groups is 3. The average Bonchev–Trinajstić information content (AvgIpc) is 3.33. The molecule has 0 fully saturated rings. The molecule has 0 aromatic rings. The van der Waals surface area contributed by atoms with Gasteiger partial charge >= 0.3 is 17.9 Å². The summed E-state index contributed by atoms with van der Waals surface area (Å²) < 4.78 is 16.7. The Morgan fingerprint density at radius 1 is 0.328 bits per heavy atom. The van der Waals surface area contributed by atoms with Crippen molar-refractivity contribution in [2.24, 2.45) is 0 Å². The van der Waals surface area contributed by atoms with Crippen molar-refractivity contribution in [1.82, 2.24) is 0 Å². The van der Waals surface area contributed by atoms with Crippen LogP contribution in [0.5, 0.6) is 0 Å². The number of esters is 3. The van der Waals surface area contributed by atoms with Crippen molar-refractivity contribution in [1.29, 1.82) is 0 Å². The van der Waals surface area contributed by atoms with Gasteiger partial charge in [0.2, 0.25) is 0 Å². The van der Waals surface area contributed by atoms with Crippen molar-refractivity contribution in [3.63, 3.8) is 0 Å². The molecule has 0 rings (SSSR count). The third kappa shape index (κ3) is 53.4. The second kappa shape index (κ2) is 55.2. The molecule has 0 saturated heterocycles. The molecule has 1 unspecified atom stereocenters. The molecule has 0 aromatic heterocycles. The highest BCUT2D eigenvalue weighted by Crippen LogP contribution is 2.15. The second-order valence-electron chi connectivity index (χ2n) is 18.5. The van der Waals surface area contributed by atoms with Crippen LogP contribution in [0.1, 0.15) is 265 Å². The Labute approximate surface area is 414 Å². The molecule has 0 heterocycles. The summed E-state index contributed by atoms with van der Waals surface area (Å²) >= 11 is 0. The first kappa shape index (κ1) is 63.6. The summed E-state index contributed by atoms with van der Waals surface area (Å²) in [5.41, 5.74) is 0. The van der Waals surface area contributed by atoms with Crippen LogP contribution in [0.15, 0.2) is 85.1 Å². The van der Waals surface area contributed by atoms with Crippen LogP contribution in [0.4, 0.5) is 0 Å². The molecule has 67 heavy (non-hydrogen) atoms. The van der Waals surface area contributed by atoms with Crippen molar-refractivity contribution in [2.45, 2.75) is 271 Å². The van der Waals surface area contributed by atoms with E-state index in [9.17, 15) is 14.4 Å². The van der Waals surface area contributed by atoms with Gasteiger partial charge in [-0.3, -0.25) is 14.4 Å². The number of rotatable bonds is 50. The van der Waals surface area contributed by atoms with Crippen LogP contribution in [0.3, 0.4) is 0 Å². The molecule has 0 aliphatic heterocycles. The van der Waals surface area contributed by atoms with Crippen LogP contribution in [-0.4, -0.2) is 37.2 Å². The van der Waals surface area contributed by atoms with Gasteiger partial charge in [-0.2, -0.15) is 0 Å². The van der Waals surface area contributed by atoms with Crippen LogP contribution in [0.2, 0.25) is 0 Å². The molecule has 0 spiro atoms. The topological polar surface area (TPSA) is 78.9 Å². The highest BCUT2D eigenvalue weighted by atomic mass is 16.6. The quantitative estimate of drug-likeness (QED) is 0.0262. The molecule has 6 heteroatoms. The Morgan fingerprint density at radius 3 is 0.985 bits per heavy atom. The molecule has 0 radical (unpaired) electrons. The maximum atomic E-state index is 12.8. The van der Waals surface area contributed by atoms with Crippen LogP contribution in [-0.2, 0) is 28.6 Å². The van der Waals surface area contributed by atoms with Gasteiger partial charge in [0.25, 0.3) is 0 Å². The van der Waals surface area contributed by atoms with E-state index >= 15 is 0 Å². The van der Waals surface area contributed by atoms with E-state index < -0.39 is 12.1 Å². The van der Waals surface area contributed by atoms with Gasteiger partial charge in [0.1, 0.15) is 13.2 Å². The predicted octanol–water partition coefficient (Wildman–Crippen LogP) is 18.8. The van der Waals surface area contributed by atoms with E-state index in [-0.39, 0.29) is 31.6 Å². The Balaban J connectivity index is 4.43. The number of ether oxygens (including phenoxy) is 3. The lowest BCUT2D eigenvalue weighted by atomic mass is 10.1. The van der Waals surface area contributed by atoms with Gasteiger partial charge in [-0.1, -0.05) is 234 Å². The zero-order valence-electron chi connectivity index (χ0n) is 43.9. The van der Waals surface area contributed by atoms with E-state index in [0.29, 0.717) is 12.8 Å². The third-order valence-corrected chi connectivity index (χ3v) is 11.9. The summed E-state index contributed by atoms with van der Waals surface area (Å²) in [5.74, 6) is -1.06. The van der Waals surface area contributed by atoms with E-state index in [1.165, 1.54) is 141 Å². The summed E-state index contributed by atoms with van der Waals surface area (Å²) in [5, 5.41) is 0. The summed E-state index contributed by atoms with van der Waals surface area (Å²) in [4.78, 5) is 38.0. The molecular weight excluding hydrogens is 829 g/mol. The van der Waals surface area contributed by atoms with Gasteiger partial charge in [0.15, 0.2) is 6.10 Å². The lowest BCUT2D eigenvalue weighted by Gasteiger charge is -2.18. The van der Waals surface area contributed by atoms with E-state index in [1.54, 1.807) is 6.08 Å². The predicted molar refractivity (Wildman–Crippen MR) is 288 cm³/mol. The second-order valence-corrected chi connectivity index (χ2v) is 18.5. The lowest BCUT2D eigenvalue weighted by Crippen LogP contribution is -2.30. The van der Waals surface area contributed by atoms with E-state index in [1.807, 2.05) is 6.08 Å². The number of hydrogen-bond donors (Lipinski definition) is 0. The number of hydrogen-bond acceptors (Lipinski definition) is 6. The van der Waals surface area contributed by atoms with Gasteiger partial charge in [-0.05, 0) is 96.3 Å². The van der Waals surface area contributed by atoms with Crippen molar-refractivity contribution < 1.29 is 28.6 Å². The highest BCUT2D eigenvalue weighted by molar-refractivity contribution is 5.72. The molecule has 0 amide bonds. The molecule has 0 aliphatic rings. The minimum atomic E-state index is -0.835. The fraction of sp³-hybridized carbons (Fsp3) is 0.721. The lowest BCUT2D eigenvalue weighted by molar-refractivity contribution is -0.166. The van der Waals surface area contributed by atoms with Gasteiger partial charge < -0.3 is 14.2 Å². The fourth-order valence-corrected chi connectivity index (χ4v) is 7.68. The molecule has 0 aromatic carbocycles. The molecule has 6 nitrogen and oxygen atoms in total. The monoisotopic (exact) mass is 933 g/mol. The van der Waals surface area contributed by atoms with Crippen molar-refractivity contribution in [3.05, 3.63) is 85.1 Å². The number of carbonyl (C=O) groups excluding carboxylic acids is 3. The Morgan fingerprint density at radius 2 is 0.627 bits per heavy atom. The van der Waals surface area contributed by atoms with Gasteiger partial charge in [-0.15, -0.1) is 0 Å². The van der Waals surface area contributed by atoms with Crippen molar-refractivity contribution in [2.75, 3.05) is 13.2 Å². The van der Waals surface area contributed by atoms with Crippen LogP contribution < -0.4 is 0 Å². The summed E-state index contributed by atoms with van der Waals surface area (Å²) in [6, 6.07) is 0. The first-order valence-corrected chi connectivity index (χ1v) is 28.1. The van der Waals surface area contributed by atoms with Crippen molar-refractivity contribution in [3.8, 4) is 0 Å². The first-order valence-electron chi connectivity index (χ1n) is 28.1. The van der Waals surface area contributed by atoms with Gasteiger partial charge in [0, 0.05) is 12.8 Å². The average molecular weight is 933 g/mol. The van der Waals surface area contributed by atoms with Crippen LogP contribution in [0, 0.1) is 0 Å². The summed E-state index contributed by atoms with van der Waals surface area (Å²) in [6.07, 6.45) is 71.7. The zero-order chi connectivity index (χ0) is 48.6. The van der Waals surface area contributed by atoms with Gasteiger partial charge in [-0.25, -0.2) is 0 Å². The normalized spacial score (nSPS) is 12.7. The summed E-state index contributed by atoms with van der Waals surface area (Å²) in [6.45, 7) is 6.43. The molecule has 0 aliphatic carbocycles. The Hall–Kier alpha value is -3.41. The van der Waals surface area contributed by atoms with E-state index in [4.69, 9.17) is 14.2 Å². The molecule has 1 atom stereocenters. The number of allylic oxidation sites excluding steroid dienone is 13. The maximum Gasteiger partial charge on any atom is 0.310 e. The SMILES string of the molecule is CC/C=C\C/C=C\C/C=C\C/C=C\C/C=C\CC(=O)OC(COC(=O)CCCCCCC/C=C\CCCCCC)COC(=O)CCCCCCCCCCC/C=C\CCCCCCCCCC. The third-order valence-electron chi connectivity index (χ3n) is 11.9. The van der Waals surface area contributed by atoms with Crippen LogP contribution >= 0.6 is 0 Å². The van der Waals surface area contributed by atoms with Crippen LogP contribution in [0.25, 0.3) is 0 Å². The molecule has 384 valence electrons. The molecule has 0 bridgehead atoms. The zero-order valence-corrected chi connectivity index (χ0v) is 43.9. The maximum absolute atomic E-state index is 12.8. The van der Waals surface area contributed by atoms with Crippen molar-refractivity contribution >= 4 is 17.9 Å². The highest BCUT2D eigenvalue weighted by Gasteiger charge is 2.19. The minimum absolute atomic E-state index is 0.0947. The fourth-order valence-electron chi connectivity index (χ4n) is 7.68. The standard InChI is InChI=1S/C61H104O6/c1-4-7-10-13-16-19-22-25-27-28-29-30-31-32-34-36-39-42-45-48-51-54-60(63)66-57-58(56-65-59(62)53-50-47-44-41-38-35-24-21-18-15-12-9-6-3)67-61(64)55-52-49-46-43-40-37-33-26-23-20-17-14-11-8-5-2/h8,11,17,20-21,24,26,28-29,33,40,43,49,52,58H,4-7,9-10,12-16,18-19,22-23,25,27,30-32,34-39,41-42,44-48,50-51,53-57H2,1-3H3/b11-8-,20-17-,24-21-,29-28-,33-26-,43-40-,52-49-. The first-order chi connectivity index (χ1) is 33.0. The van der Waals surface area contributed by atoms with E-state index in [0.717, 1.165) is 83.5 Å². The van der Waals surface area contributed by atoms with E-state index in [2.05, 4.69) is 93.7 Å². The molecule has 0 N–H and O–H groups in total. The number of unbranched alkanes of at least 4 members (excludes halogenated alkanes) is 26. The largest absolute Gasteiger partial charge is 0.462 e. The minimum Gasteiger partial charge on any atom is -0.462 e. The Kier molecular flexibility index (Phi) is 52.4. The van der Waals surface area contributed by atoms with Gasteiger partial charge in [0.05, 0.1) is 6.42 Å². The summed E-state index contributed by atoms with van der Waals surface area (Å²) in [7, 11) is 0. The Bertz CT molecular complexity index is 1300. The molecular formula is C61H104O6. The smallest absolute Gasteiger partial charge is 0.310 e. The molecule has 0 saturated carbocycles.